The second-order valence-corrected chi connectivity index (χ2v) is 23.1. The van der Waals surface area contributed by atoms with Gasteiger partial charge >= 0.3 is 6.18 Å². The van der Waals surface area contributed by atoms with Crippen molar-refractivity contribution in [1.29, 1.82) is 15.8 Å². The summed E-state index contributed by atoms with van der Waals surface area (Å²) in [5.74, 6) is 2.66. The van der Waals surface area contributed by atoms with Gasteiger partial charge in [0.05, 0.1) is 7.11 Å². The van der Waals surface area contributed by atoms with Crippen LogP contribution in [0.3, 0.4) is 0 Å². The van der Waals surface area contributed by atoms with Crippen LogP contribution in [0.4, 0.5) is 24.5 Å². The molecule has 10 rings (SSSR count). The lowest BCUT2D eigenvalue weighted by molar-refractivity contribution is -0.249. The Bertz CT molecular complexity index is 2790. The summed E-state index contributed by atoms with van der Waals surface area (Å²) in [7, 11) is 1.69. The number of nitrogens with zero attached hydrogens (tertiary/aromatic N) is 4. The van der Waals surface area contributed by atoms with Crippen molar-refractivity contribution in [1.82, 2.24) is 0 Å². The van der Waals surface area contributed by atoms with Crippen LogP contribution in [0.2, 0.25) is 0 Å². The molecule has 4 fully saturated rings. The molecule has 68 heavy (non-hydrogen) atoms. The number of anilines is 2. The first-order chi connectivity index (χ1) is 32.3. The van der Waals surface area contributed by atoms with Crippen molar-refractivity contribution in [2.24, 2.45) is 23.2 Å². The highest BCUT2D eigenvalue weighted by Crippen LogP contribution is 2.64. The average Bonchev–Trinajstić information content (AvgIpc) is 3.62. The van der Waals surface area contributed by atoms with Crippen LogP contribution in [0, 0.1) is 64.1 Å². The van der Waals surface area contributed by atoms with E-state index < -0.39 is 34.3 Å². The fourth-order valence-electron chi connectivity index (χ4n) is 13.1. The highest BCUT2D eigenvalue weighted by Gasteiger charge is 2.65. The second-order valence-electron chi connectivity index (χ2n) is 21.7. The molecule has 7 aliphatic rings. The summed E-state index contributed by atoms with van der Waals surface area (Å²) in [6.45, 7) is 13.6. The van der Waals surface area contributed by atoms with Gasteiger partial charge in [-0.05, 0) is 172 Å². The zero-order valence-corrected chi connectivity index (χ0v) is 40.9. The molecule has 6 nitrogen and oxygen atoms in total. The molecule has 0 N–H and O–H groups in total. The molecule has 10 heteroatoms. The van der Waals surface area contributed by atoms with E-state index in [1.165, 1.54) is 96.2 Å². The zero-order valence-electron chi connectivity index (χ0n) is 40.1. The number of halogens is 3. The molecule has 0 spiro atoms. The monoisotopic (exact) mass is 932 g/mol. The van der Waals surface area contributed by atoms with Crippen LogP contribution in [0.15, 0.2) is 130 Å². The van der Waals surface area contributed by atoms with E-state index in [9.17, 15) is 15.8 Å². The first-order valence-electron chi connectivity index (χ1n) is 23.9. The molecular weight excluding hydrogens is 874 g/mol. The van der Waals surface area contributed by atoms with E-state index in [0.717, 1.165) is 53.2 Å². The maximum absolute atomic E-state index is 15.7. The van der Waals surface area contributed by atoms with E-state index in [-0.39, 0.29) is 21.3 Å². The van der Waals surface area contributed by atoms with Gasteiger partial charge in [0, 0.05) is 37.7 Å². The molecule has 0 radical (unpaired) electrons. The summed E-state index contributed by atoms with van der Waals surface area (Å²) in [5, 5.41) is 30.1. The maximum atomic E-state index is 15.7. The third-order valence-electron chi connectivity index (χ3n) is 15.4. The van der Waals surface area contributed by atoms with Crippen molar-refractivity contribution in [3.8, 4) is 24.0 Å². The van der Waals surface area contributed by atoms with Gasteiger partial charge in [0.15, 0.2) is 11.3 Å². The van der Waals surface area contributed by atoms with Crippen LogP contribution < -0.4 is 9.64 Å². The largest absolute Gasteiger partial charge is 0.497 e. The predicted octanol–water partition coefficient (Wildman–Crippen LogP) is 15.3. The Morgan fingerprint density at radius 2 is 1.50 bits per heavy atom. The molecule has 0 aromatic heterocycles. The standard InChI is InChI=1S/C58H59F3N4O2S/c1-36-22-51-48(37(2)27-55(5,6)65(51)46-18-20-47(66-7)21-19-46)26-41(36)16-17-43-32-54(3,4)31-42(53(43)68-56-28-38-23-39(29-56)25-40(24-38)30-56)12-11-15-50-49(35-64)52(44(33-62)34-63)67-57(50,58(59,60)61)45-13-9-8-10-14-45/h8-22,26,37-40H,23-25,27-32H2,1-7H3. The molecule has 3 aromatic carbocycles. The van der Waals surface area contributed by atoms with Crippen molar-refractivity contribution < 1.29 is 22.6 Å². The lowest BCUT2D eigenvalue weighted by Crippen LogP contribution is -2.48. The van der Waals surface area contributed by atoms with Gasteiger partial charge in [-0.3, -0.25) is 0 Å². The Hall–Kier alpha value is -5.89. The molecule has 4 bridgehead atoms. The van der Waals surface area contributed by atoms with E-state index in [4.69, 9.17) is 9.47 Å². The highest BCUT2D eigenvalue weighted by molar-refractivity contribution is 8.04. The van der Waals surface area contributed by atoms with Crippen LogP contribution in [-0.4, -0.2) is 23.6 Å². The van der Waals surface area contributed by atoms with E-state index in [2.05, 4.69) is 82.9 Å². The normalized spacial score (nSPS) is 28.7. The molecule has 350 valence electrons. The smallest absolute Gasteiger partial charge is 0.437 e. The number of fused-ring (bicyclic) bond motifs is 1. The number of benzene rings is 3. The fraction of sp³-hybridized carbons (Fsp3) is 0.431. The van der Waals surface area contributed by atoms with Gasteiger partial charge in [0.2, 0.25) is 0 Å². The van der Waals surface area contributed by atoms with Gasteiger partial charge < -0.3 is 14.4 Å². The van der Waals surface area contributed by atoms with Gasteiger partial charge in [0.1, 0.15) is 29.5 Å². The number of alkyl halides is 3. The molecule has 2 heterocycles. The third-order valence-corrected chi connectivity index (χ3v) is 17.1. The summed E-state index contributed by atoms with van der Waals surface area (Å²) in [5.41, 5.74) is 2.91. The first-order valence-corrected chi connectivity index (χ1v) is 24.7. The number of aryl methyl sites for hydroxylation is 1. The van der Waals surface area contributed by atoms with Gasteiger partial charge in [-0.1, -0.05) is 81.5 Å². The third kappa shape index (κ3) is 8.40. The molecule has 4 saturated carbocycles. The van der Waals surface area contributed by atoms with Gasteiger partial charge in [0.25, 0.3) is 5.60 Å². The maximum Gasteiger partial charge on any atom is 0.437 e. The number of allylic oxidation sites excluding steroid dienone is 7. The van der Waals surface area contributed by atoms with Gasteiger partial charge in [-0.2, -0.15) is 29.0 Å². The average molecular weight is 933 g/mol. The number of thioether (sulfide) groups is 1. The Balaban J connectivity index is 1.17. The SMILES string of the molecule is COc1ccc(N2c3cc(C)c(C=CC4=C(SC56CC7CC(CC(C7)C5)C6)C(=CC=CC5=C(C#N)C(=C(C#N)C#N)OC5(c5ccccc5)C(F)(F)F)CC(C)(C)C4)cc3C(C)CC2(C)C)cc1. The topological polar surface area (TPSA) is 93.1 Å². The Labute approximate surface area is 404 Å². The molecule has 2 unspecified atom stereocenters. The molecule has 0 amide bonds. The minimum atomic E-state index is -5.07. The van der Waals surface area contributed by atoms with Crippen molar-refractivity contribution in [3.63, 3.8) is 0 Å². The van der Waals surface area contributed by atoms with E-state index in [1.54, 1.807) is 31.4 Å². The van der Waals surface area contributed by atoms with E-state index >= 15 is 13.2 Å². The summed E-state index contributed by atoms with van der Waals surface area (Å²) < 4.78 is 58.4. The van der Waals surface area contributed by atoms with Crippen molar-refractivity contribution in [3.05, 3.63) is 152 Å². The predicted molar refractivity (Wildman–Crippen MR) is 264 cm³/mol. The lowest BCUT2D eigenvalue weighted by atomic mass is 9.56. The number of hydrogen-bond donors (Lipinski definition) is 0. The first kappa shape index (κ1) is 47.2. The van der Waals surface area contributed by atoms with E-state index in [1.807, 2.05) is 36.0 Å². The van der Waals surface area contributed by atoms with Crippen LogP contribution in [0.5, 0.6) is 5.75 Å². The molecule has 0 saturated heterocycles. The fourth-order valence-corrected chi connectivity index (χ4v) is 15.0. The van der Waals surface area contributed by atoms with Crippen molar-refractivity contribution in [2.45, 2.75) is 127 Å². The number of rotatable bonds is 9. The lowest BCUT2D eigenvalue weighted by Gasteiger charge is -2.57. The molecule has 2 aliphatic heterocycles. The number of hydrogen-bond acceptors (Lipinski definition) is 7. The van der Waals surface area contributed by atoms with Crippen molar-refractivity contribution >= 4 is 29.2 Å². The quantitative estimate of drug-likeness (QED) is 0.197. The molecule has 2 atom stereocenters. The molecule has 3 aromatic rings. The highest BCUT2D eigenvalue weighted by atomic mass is 32.2. The summed E-state index contributed by atoms with van der Waals surface area (Å²) in [4.78, 5) is 3.66. The van der Waals surface area contributed by atoms with Crippen LogP contribution in [0.1, 0.15) is 121 Å². The van der Waals surface area contributed by atoms with Crippen LogP contribution in [-0.2, 0) is 10.3 Å². The minimum Gasteiger partial charge on any atom is -0.497 e. The molecule has 5 aliphatic carbocycles. The second kappa shape index (κ2) is 17.6. The number of methoxy groups -OCH3 is 1. The molecular formula is C58H59F3N4O2S. The van der Waals surface area contributed by atoms with E-state index in [0.29, 0.717) is 12.3 Å². The van der Waals surface area contributed by atoms with Gasteiger partial charge in [-0.25, -0.2) is 0 Å². The number of ether oxygens (including phenoxy) is 2. The van der Waals surface area contributed by atoms with Crippen molar-refractivity contribution in [2.75, 3.05) is 12.0 Å². The zero-order chi connectivity index (χ0) is 48.4. The summed E-state index contributed by atoms with van der Waals surface area (Å²) in [6.07, 6.45) is 14.4. The summed E-state index contributed by atoms with van der Waals surface area (Å²) >= 11 is 2.02. The van der Waals surface area contributed by atoms with Crippen LogP contribution in [0.25, 0.3) is 6.08 Å². The Kier molecular flexibility index (Phi) is 12.2. The summed E-state index contributed by atoms with van der Waals surface area (Å²) in [6, 6.07) is 25.3. The number of nitriles is 3. The minimum absolute atomic E-state index is 0.0988. The van der Waals surface area contributed by atoms with Gasteiger partial charge in [-0.15, -0.1) is 11.8 Å². The Morgan fingerprint density at radius 1 is 0.853 bits per heavy atom. The Morgan fingerprint density at radius 3 is 2.09 bits per heavy atom. The van der Waals surface area contributed by atoms with Crippen LogP contribution >= 0.6 is 11.8 Å².